The van der Waals surface area contributed by atoms with Crippen LogP contribution in [0.3, 0.4) is 0 Å². The number of nitrogens with zero attached hydrogens (tertiary/aromatic N) is 3. The van der Waals surface area contributed by atoms with Gasteiger partial charge >= 0.3 is 15.6 Å². The molecule has 1 saturated carbocycles. The van der Waals surface area contributed by atoms with Crippen molar-refractivity contribution >= 4 is 32.5 Å². The first-order chi connectivity index (χ1) is 12.6. The lowest BCUT2D eigenvalue weighted by Gasteiger charge is -2.19. The van der Waals surface area contributed by atoms with E-state index >= 15 is 0 Å². The molecule has 12 nitrogen and oxygen atoms in total. The first kappa shape index (κ1) is 20.4. The molecule has 3 atom stereocenters. The van der Waals surface area contributed by atoms with Crippen LogP contribution in [-0.4, -0.2) is 53.9 Å². The van der Waals surface area contributed by atoms with Crippen molar-refractivity contribution in [2.24, 2.45) is 5.92 Å². The third-order valence-corrected chi connectivity index (χ3v) is 5.49. The van der Waals surface area contributed by atoms with Crippen molar-refractivity contribution in [3.63, 3.8) is 0 Å². The number of rotatable bonds is 7. The molecule has 0 unspecified atom stereocenters. The zero-order valence-electron chi connectivity index (χ0n) is 14.2. The highest BCUT2D eigenvalue weighted by Crippen LogP contribution is 2.48. The molecule has 0 spiro atoms. The summed E-state index contributed by atoms with van der Waals surface area (Å²) in [6, 6.07) is 1.49. The van der Waals surface area contributed by atoms with Gasteiger partial charge in [-0.05, 0) is 18.9 Å². The Hall–Kier alpha value is -1.36. The van der Waals surface area contributed by atoms with E-state index in [1.54, 1.807) is 30.2 Å². The number of anilines is 1. The Labute approximate surface area is 154 Å². The molecule has 14 heteroatoms. The van der Waals surface area contributed by atoms with Crippen LogP contribution in [0.4, 0.5) is 5.69 Å². The molecule has 1 fully saturated rings. The van der Waals surface area contributed by atoms with Crippen molar-refractivity contribution < 1.29 is 37.8 Å². The SMILES string of the molecule is CNc1ccnc2c1ncn2[C@@H]1C[C@H](COP(=O)(O)O)[C@@H](OP(=O)(O)O)C1. The quantitative estimate of drug-likeness (QED) is 0.402. The minimum absolute atomic E-state index is 0.206. The van der Waals surface area contributed by atoms with Crippen LogP contribution < -0.4 is 5.32 Å². The summed E-state index contributed by atoms with van der Waals surface area (Å²) >= 11 is 0. The number of pyridine rings is 1. The number of aromatic nitrogens is 3. The molecule has 0 aromatic carbocycles. The summed E-state index contributed by atoms with van der Waals surface area (Å²) in [7, 11) is -7.74. The van der Waals surface area contributed by atoms with Crippen LogP contribution in [0.2, 0.25) is 0 Å². The predicted octanol–water partition coefficient (Wildman–Crippen LogP) is 1.01. The fourth-order valence-electron chi connectivity index (χ4n) is 3.36. The Kier molecular flexibility index (Phi) is 5.72. The van der Waals surface area contributed by atoms with Crippen molar-refractivity contribution in [1.29, 1.82) is 0 Å². The summed E-state index contributed by atoms with van der Waals surface area (Å²) < 4.78 is 33.4. The van der Waals surface area contributed by atoms with Crippen LogP contribution in [0, 0.1) is 5.92 Å². The van der Waals surface area contributed by atoms with Gasteiger partial charge < -0.3 is 29.5 Å². The molecule has 0 radical (unpaired) electrons. The maximum absolute atomic E-state index is 11.3. The third-order valence-electron chi connectivity index (χ3n) is 4.46. The van der Waals surface area contributed by atoms with E-state index in [1.807, 2.05) is 0 Å². The Balaban J connectivity index is 1.86. The lowest BCUT2D eigenvalue weighted by Crippen LogP contribution is -2.21. The molecule has 0 saturated heterocycles. The normalized spacial score (nSPS) is 23.8. The number of phosphoric ester groups is 2. The molecule has 0 bridgehead atoms. The standard InChI is InChI=1S/C13H20N4O8P2/c1-14-10-2-3-15-13-12(10)16-7-17(13)9-4-8(6-24-26(18,19)20)11(5-9)25-27(21,22)23/h2-3,7-9,11H,4-6H2,1H3,(H,14,15)(H2,18,19,20)(H2,21,22,23)/t8-,9-,11+/m1/s1. The molecule has 27 heavy (non-hydrogen) atoms. The molecular weight excluding hydrogens is 402 g/mol. The Morgan fingerprint density at radius 1 is 1.22 bits per heavy atom. The largest absolute Gasteiger partial charge is 0.469 e. The van der Waals surface area contributed by atoms with Gasteiger partial charge in [0.2, 0.25) is 0 Å². The van der Waals surface area contributed by atoms with Crippen molar-refractivity contribution in [1.82, 2.24) is 14.5 Å². The fourth-order valence-corrected chi connectivity index (χ4v) is 4.36. The zero-order valence-corrected chi connectivity index (χ0v) is 16.0. The van der Waals surface area contributed by atoms with Gasteiger partial charge in [0.25, 0.3) is 0 Å². The first-order valence-corrected chi connectivity index (χ1v) is 11.1. The maximum Gasteiger partial charge on any atom is 0.469 e. The first-order valence-electron chi connectivity index (χ1n) is 8.00. The zero-order chi connectivity index (χ0) is 19.8. The van der Waals surface area contributed by atoms with E-state index in [-0.39, 0.29) is 12.5 Å². The predicted molar refractivity (Wildman–Crippen MR) is 93.7 cm³/mol. The Bertz CT molecular complexity index is 909. The third kappa shape index (κ3) is 4.92. The van der Waals surface area contributed by atoms with Crippen LogP contribution in [0.1, 0.15) is 18.9 Å². The monoisotopic (exact) mass is 422 g/mol. The van der Waals surface area contributed by atoms with Crippen molar-refractivity contribution in [2.45, 2.75) is 25.0 Å². The summed E-state index contributed by atoms with van der Waals surface area (Å²) in [6.07, 6.45) is 2.77. The molecule has 1 aliphatic carbocycles. The van der Waals surface area contributed by atoms with Gasteiger partial charge in [0, 0.05) is 25.2 Å². The molecule has 0 amide bonds. The van der Waals surface area contributed by atoms with Gasteiger partial charge in [-0.15, -0.1) is 0 Å². The highest BCUT2D eigenvalue weighted by molar-refractivity contribution is 7.46. The van der Waals surface area contributed by atoms with Crippen LogP contribution >= 0.6 is 15.6 Å². The van der Waals surface area contributed by atoms with Gasteiger partial charge in [0.1, 0.15) is 5.52 Å². The second-order valence-electron chi connectivity index (χ2n) is 6.24. The summed E-state index contributed by atoms with van der Waals surface area (Å²) in [5.74, 6) is -0.625. The Morgan fingerprint density at radius 3 is 2.59 bits per heavy atom. The second-order valence-corrected chi connectivity index (χ2v) is 8.67. The minimum atomic E-state index is -4.78. The van der Waals surface area contributed by atoms with Gasteiger partial charge in [0.15, 0.2) is 5.65 Å². The Morgan fingerprint density at radius 2 is 1.96 bits per heavy atom. The summed E-state index contributed by atoms with van der Waals surface area (Å²) in [5.41, 5.74) is 2.00. The van der Waals surface area contributed by atoms with E-state index in [2.05, 4.69) is 19.8 Å². The van der Waals surface area contributed by atoms with Crippen molar-refractivity contribution in [3.05, 3.63) is 18.6 Å². The van der Waals surface area contributed by atoms with Crippen molar-refractivity contribution in [2.75, 3.05) is 19.0 Å². The van der Waals surface area contributed by atoms with Gasteiger partial charge in [-0.1, -0.05) is 0 Å². The van der Waals surface area contributed by atoms with Gasteiger partial charge in [-0.3, -0.25) is 9.05 Å². The van der Waals surface area contributed by atoms with Crippen LogP contribution in [0.5, 0.6) is 0 Å². The summed E-state index contributed by atoms with van der Waals surface area (Å²) in [5, 5.41) is 3.01. The number of imidazole rings is 1. The van der Waals surface area contributed by atoms with Crippen LogP contribution in [0.15, 0.2) is 18.6 Å². The summed E-state index contributed by atoms with van der Waals surface area (Å²) in [4.78, 5) is 44.7. The summed E-state index contributed by atoms with van der Waals surface area (Å²) in [6.45, 7) is -0.396. The van der Waals surface area contributed by atoms with Gasteiger partial charge in [-0.2, -0.15) is 0 Å². The van der Waals surface area contributed by atoms with E-state index in [0.717, 1.165) is 5.69 Å². The second kappa shape index (κ2) is 7.57. The fraction of sp³-hybridized carbons (Fsp3) is 0.538. The maximum atomic E-state index is 11.3. The van der Waals surface area contributed by atoms with Crippen LogP contribution in [0.25, 0.3) is 11.2 Å². The highest BCUT2D eigenvalue weighted by atomic mass is 31.2. The molecule has 2 aromatic heterocycles. The van der Waals surface area contributed by atoms with Crippen LogP contribution in [-0.2, 0) is 18.2 Å². The molecule has 1 aliphatic rings. The van der Waals surface area contributed by atoms with Crippen molar-refractivity contribution in [3.8, 4) is 0 Å². The lowest BCUT2D eigenvalue weighted by molar-refractivity contribution is 0.0738. The molecule has 150 valence electrons. The molecule has 3 rings (SSSR count). The molecule has 2 aromatic rings. The van der Waals surface area contributed by atoms with E-state index in [1.165, 1.54) is 0 Å². The average molecular weight is 422 g/mol. The molecule has 5 N–H and O–H groups in total. The molecule has 0 aliphatic heterocycles. The van der Waals surface area contributed by atoms with E-state index < -0.39 is 34.3 Å². The average Bonchev–Trinajstić information content (AvgIpc) is 3.14. The molecule has 2 heterocycles. The van der Waals surface area contributed by atoms with Gasteiger partial charge in [0.05, 0.1) is 24.7 Å². The number of fused-ring (bicyclic) bond motifs is 1. The number of phosphoric acid groups is 2. The number of hydrogen-bond donors (Lipinski definition) is 5. The number of nitrogens with one attached hydrogen (secondary N) is 1. The highest BCUT2D eigenvalue weighted by Gasteiger charge is 2.41. The molecular formula is C13H20N4O8P2. The van der Waals surface area contributed by atoms with E-state index in [0.29, 0.717) is 17.6 Å². The minimum Gasteiger partial charge on any atom is -0.386 e. The van der Waals surface area contributed by atoms with Gasteiger partial charge in [-0.25, -0.2) is 19.1 Å². The van der Waals surface area contributed by atoms with E-state index in [4.69, 9.17) is 24.1 Å². The van der Waals surface area contributed by atoms with E-state index in [9.17, 15) is 9.13 Å². The smallest absolute Gasteiger partial charge is 0.386 e. The number of hydrogen-bond acceptors (Lipinski definition) is 7. The lowest BCUT2D eigenvalue weighted by atomic mass is 10.1. The topological polar surface area (TPSA) is 176 Å².